The number of anilines is 1. The van der Waals surface area contributed by atoms with Crippen LogP contribution >= 0.6 is 0 Å². The molecule has 4 heteroatoms. The fourth-order valence-corrected chi connectivity index (χ4v) is 1.34. The standard InChI is InChI=1S/C11H11N3O/c1-12-9-4-2-3-8(7-9)11-13-6-5-10(15)14-11/h2-7,12H,1H3,(H,13,14,15). The summed E-state index contributed by atoms with van der Waals surface area (Å²) in [6, 6.07) is 9.08. The molecule has 0 radical (unpaired) electrons. The lowest BCUT2D eigenvalue weighted by Gasteiger charge is -2.03. The van der Waals surface area contributed by atoms with Crippen LogP contribution < -0.4 is 10.9 Å². The highest BCUT2D eigenvalue weighted by atomic mass is 16.1. The predicted molar refractivity (Wildman–Crippen MR) is 59.8 cm³/mol. The van der Waals surface area contributed by atoms with Gasteiger partial charge in [-0.1, -0.05) is 12.1 Å². The molecule has 0 spiro atoms. The molecule has 1 aromatic heterocycles. The Labute approximate surface area is 87.0 Å². The Bertz CT molecular complexity index is 519. The number of rotatable bonds is 2. The van der Waals surface area contributed by atoms with Crippen LogP contribution in [0.1, 0.15) is 0 Å². The zero-order chi connectivity index (χ0) is 10.7. The van der Waals surface area contributed by atoms with Crippen molar-refractivity contribution in [2.45, 2.75) is 0 Å². The molecule has 15 heavy (non-hydrogen) atoms. The molecule has 0 aliphatic carbocycles. The Kier molecular flexibility index (Phi) is 2.49. The van der Waals surface area contributed by atoms with E-state index < -0.39 is 0 Å². The summed E-state index contributed by atoms with van der Waals surface area (Å²) in [4.78, 5) is 17.9. The summed E-state index contributed by atoms with van der Waals surface area (Å²) in [7, 11) is 1.85. The van der Waals surface area contributed by atoms with E-state index in [4.69, 9.17) is 0 Å². The van der Waals surface area contributed by atoms with Crippen LogP contribution in [-0.4, -0.2) is 17.0 Å². The number of benzene rings is 1. The van der Waals surface area contributed by atoms with Crippen LogP contribution in [0.5, 0.6) is 0 Å². The fourth-order valence-electron chi connectivity index (χ4n) is 1.34. The maximum absolute atomic E-state index is 11.1. The quantitative estimate of drug-likeness (QED) is 0.773. The molecular weight excluding hydrogens is 190 g/mol. The van der Waals surface area contributed by atoms with Gasteiger partial charge in [0.1, 0.15) is 5.82 Å². The minimum absolute atomic E-state index is 0.144. The predicted octanol–water partition coefficient (Wildman–Crippen LogP) is 1.48. The second-order valence-electron chi connectivity index (χ2n) is 3.11. The van der Waals surface area contributed by atoms with Gasteiger partial charge in [-0.25, -0.2) is 4.98 Å². The smallest absolute Gasteiger partial charge is 0.251 e. The Morgan fingerprint density at radius 2 is 2.20 bits per heavy atom. The third kappa shape index (κ3) is 2.04. The molecule has 0 saturated carbocycles. The van der Waals surface area contributed by atoms with Crippen molar-refractivity contribution in [3.63, 3.8) is 0 Å². The topological polar surface area (TPSA) is 57.8 Å². The van der Waals surface area contributed by atoms with Gasteiger partial charge in [-0.3, -0.25) is 4.79 Å². The first kappa shape index (κ1) is 9.45. The van der Waals surface area contributed by atoms with Gasteiger partial charge in [0.15, 0.2) is 0 Å². The molecule has 1 aromatic carbocycles. The summed E-state index contributed by atoms with van der Waals surface area (Å²) in [5, 5.41) is 3.03. The molecule has 0 bridgehead atoms. The SMILES string of the molecule is CNc1cccc(-c2nccc(=O)[nH]2)c1. The fraction of sp³-hybridized carbons (Fsp3) is 0.0909. The molecule has 4 nitrogen and oxygen atoms in total. The number of H-pyrrole nitrogens is 1. The van der Waals surface area contributed by atoms with E-state index in [9.17, 15) is 4.79 Å². The Morgan fingerprint density at radius 3 is 2.93 bits per heavy atom. The first-order chi connectivity index (χ1) is 7.29. The summed E-state index contributed by atoms with van der Waals surface area (Å²) < 4.78 is 0. The van der Waals surface area contributed by atoms with E-state index in [1.165, 1.54) is 12.3 Å². The summed E-state index contributed by atoms with van der Waals surface area (Å²) in [5.74, 6) is 0.583. The van der Waals surface area contributed by atoms with Gasteiger partial charge in [-0.15, -0.1) is 0 Å². The molecule has 2 N–H and O–H groups in total. The number of nitrogens with zero attached hydrogens (tertiary/aromatic N) is 1. The Hall–Kier alpha value is -2.10. The molecular formula is C11H11N3O. The van der Waals surface area contributed by atoms with Crippen molar-refractivity contribution < 1.29 is 0 Å². The molecule has 0 aliphatic rings. The first-order valence-electron chi connectivity index (χ1n) is 4.63. The van der Waals surface area contributed by atoms with Gasteiger partial charge in [0, 0.05) is 30.6 Å². The molecule has 0 amide bonds. The van der Waals surface area contributed by atoms with E-state index in [0.29, 0.717) is 5.82 Å². The molecule has 0 atom stereocenters. The number of hydrogen-bond acceptors (Lipinski definition) is 3. The number of aromatic amines is 1. The minimum Gasteiger partial charge on any atom is -0.388 e. The van der Waals surface area contributed by atoms with Crippen LogP contribution in [0.25, 0.3) is 11.4 Å². The van der Waals surface area contributed by atoms with Gasteiger partial charge in [0.05, 0.1) is 0 Å². The lowest BCUT2D eigenvalue weighted by molar-refractivity contribution is 1.13. The summed E-state index contributed by atoms with van der Waals surface area (Å²) >= 11 is 0. The average molecular weight is 201 g/mol. The first-order valence-corrected chi connectivity index (χ1v) is 4.63. The molecule has 0 fully saturated rings. The van der Waals surface area contributed by atoms with Crippen LogP contribution in [0.2, 0.25) is 0 Å². The molecule has 0 saturated heterocycles. The zero-order valence-corrected chi connectivity index (χ0v) is 8.32. The Balaban J connectivity index is 2.49. The number of aromatic nitrogens is 2. The summed E-state index contributed by atoms with van der Waals surface area (Å²) in [6.07, 6.45) is 1.50. The van der Waals surface area contributed by atoms with Crippen molar-refractivity contribution in [2.75, 3.05) is 12.4 Å². The van der Waals surface area contributed by atoms with Crippen molar-refractivity contribution in [1.82, 2.24) is 9.97 Å². The van der Waals surface area contributed by atoms with Crippen molar-refractivity contribution in [3.8, 4) is 11.4 Å². The van der Waals surface area contributed by atoms with E-state index in [0.717, 1.165) is 11.3 Å². The Morgan fingerprint density at radius 1 is 1.33 bits per heavy atom. The third-order valence-corrected chi connectivity index (χ3v) is 2.10. The molecule has 0 aliphatic heterocycles. The lowest BCUT2D eigenvalue weighted by atomic mass is 10.2. The molecule has 0 unspecified atom stereocenters. The van der Waals surface area contributed by atoms with Crippen LogP contribution in [0.4, 0.5) is 5.69 Å². The van der Waals surface area contributed by atoms with Gasteiger partial charge in [-0.2, -0.15) is 0 Å². The highest BCUT2D eigenvalue weighted by Gasteiger charge is 1.99. The van der Waals surface area contributed by atoms with Crippen molar-refractivity contribution in [3.05, 3.63) is 46.9 Å². The van der Waals surface area contributed by atoms with E-state index in [1.807, 2.05) is 31.3 Å². The van der Waals surface area contributed by atoms with Gasteiger partial charge in [0.2, 0.25) is 0 Å². The second-order valence-corrected chi connectivity index (χ2v) is 3.11. The van der Waals surface area contributed by atoms with Crippen LogP contribution in [-0.2, 0) is 0 Å². The highest BCUT2D eigenvalue weighted by Crippen LogP contribution is 2.17. The molecule has 1 heterocycles. The van der Waals surface area contributed by atoms with Crippen LogP contribution in [0.3, 0.4) is 0 Å². The zero-order valence-electron chi connectivity index (χ0n) is 8.32. The number of nitrogens with one attached hydrogen (secondary N) is 2. The molecule has 76 valence electrons. The molecule has 2 rings (SSSR count). The molecule has 2 aromatic rings. The summed E-state index contributed by atoms with van der Waals surface area (Å²) in [5.41, 5.74) is 1.73. The van der Waals surface area contributed by atoms with E-state index in [1.54, 1.807) is 0 Å². The van der Waals surface area contributed by atoms with Crippen LogP contribution in [0.15, 0.2) is 41.3 Å². The van der Waals surface area contributed by atoms with E-state index in [-0.39, 0.29) is 5.56 Å². The maximum atomic E-state index is 11.1. The average Bonchev–Trinajstić information content (AvgIpc) is 2.29. The summed E-state index contributed by atoms with van der Waals surface area (Å²) in [6.45, 7) is 0. The van der Waals surface area contributed by atoms with E-state index >= 15 is 0 Å². The van der Waals surface area contributed by atoms with E-state index in [2.05, 4.69) is 15.3 Å². The monoisotopic (exact) mass is 201 g/mol. The maximum Gasteiger partial charge on any atom is 0.251 e. The van der Waals surface area contributed by atoms with Gasteiger partial charge in [0.25, 0.3) is 5.56 Å². The van der Waals surface area contributed by atoms with Crippen LogP contribution in [0, 0.1) is 0 Å². The van der Waals surface area contributed by atoms with Gasteiger partial charge >= 0.3 is 0 Å². The minimum atomic E-state index is -0.144. The van der Waals surface area contributed by atoms with Gasteiger partial charge in [-0.05, 0) is 12.1 Å². The van der Waals surface area contributed by atoms with Crippen molar-refractivity contribution >= 4 is 5.69 Å². The van der Waals surface area contributed by atoms with Crippen molar-refractivity contribution in [2.24, 2.45) is 0 Å². The van der Waals surface area contributed by atoms with Crippen molar-refractivity contribution in [1.29, 1.82) is 0 Å². The highest BCUT2D eigenvalue weighted by molar-refractivity contribution is 5.61. The largest absolute Gasteiger partial charge is 0.388 e. The second kappa shape index (κ2) is 3.96. The lowest BCUT2D eigenvalue weighted by Crippen LogP contribution is -2.05. The number of hydrogen-bond donors (Lipinski definition) is 2. The third-order valence-electron chi connectivity index (χ3n) is 2.10. The van der Waals surface area contributed by atoms with Gasteiger partial charge < -0.3 is 10.3 Å². The normalized spacial score (nSPS) is 9.93.